The number of esters is 1. The first-order valence-corrected chi connectivity index (χ1v) is 10.8. The largest absolute Gasteiger partial charge is 0.507 e. The number of benzene rings is 2. The molecule has 1 unspecified atom stereocenters. The Balaban J connectivity index is 2.13. The minimum atomic E-state index is -0.751. The van der Waals surface area contributed by atoms with Crippen LogP contribution in [0.5, 0.6) is 0 Å². The van der Waals surface area contributed by atoms with Crippen LogP contribution in [0, 0.1) is 13.8 Å². The molecule has 0 radical (unpaired) electrons. The molecule has 1 N–H and O–H groups in total. The highest BCUT2D eigenvalue weighted by atomic mass is 16.5. The normalized spacial score (nSPS) is 17.6. The van der Waals surface area contributed by atoms with Crippen molar-refractivity contribution < 1.29 is 24.2 Å². The van der Waals surface area contributed by atoms with Crippen molar-refractivity contribution in [2.75, 3.05) is 34.3 Å². The first-order valence-electron chi connectivity index (χ1n) is 10.8. The summed E-state index contributed by atoms with van der Waals surface area (Å²) in [5, 5.41) is 11.3. The van der Waals surface area contributed by atoms with Crippen LogP contribution in [0.15, 0.2) is 48.0 Å². The number of likely N-dealkylation sites (tertiary alicyclic amines) is 1. The Morgan fingerprint density at radius 1 is 1.09 bits per heavy atom. The fourth-order valence-corrected chi connectivity index (χ4v) is 4.07. The molecule has 0 aromatic heterocycles. The molecule has 0 bridgehead atoms. The predicted octanol–water partition coefficient (Wildman–Crippen LogP) is 3.46. The van der Waals surface area contributed by atoms with Gasteiger partial charge >= 0.3 is 5.97 Å². The average Bonchev–Trinajstić information content (AvgIpc) is 3.04. The van der Waals surface area contributed by atoms with E-state index in [0.717, 1.165) is 17.7 Å². The Hall–Kier alpha value is -3.45. The third-order valence-electron chi connectivity index (χ3n) is 5.84. The van der Waals surface area contributed by atoms with E-state index in [0.29, 0.717) is 29.7 Å². The van der Waals surface area contributed by atoms with Crippen molar-refractivity contribution in [3.8, 4) is 0 Å². The van der Waals surface area contributed by atoms with Crippen LogP contribution in [0.25, 0.3) is 5.76 Å². The second kappa shape index (κ2) is 10.0. The Labute approximate surface area is 194 Å². The molecule has 0 spiro atoms. The molecule has 1 fully saturated rings. The van der Waals surface area contributed by atoms with Gasteiger partial charge in [0, 0.05) is 12.1 Å². The first kappa shape index (κ1) is 24.2. The van der Waals surface area contributed by atoms with Crippen LogP contribution >= 0.6 is 0 Å². The van der Waals surface area contributed by atoms with Crippen LogP contribution in [0.4, 0.5) is 0 Å². The van der Waals surface area contributed by atoms with Crippen molar-refractivity contribution in [3.05, 3.63) is 75.9 Å². The van der Waals surface area contributed by atoms with Gasteiger partial charge in [-0.1, -0.05) is 29.8 Å². The Kier molecular flexibility index (Phi) is 7.33. The maximum atomic E-state index is 13.1. The van der Waals surface area contributed by atoms with Gasteiger partial charge < -0.3 is 19.6 Å². The zero-order valence-corrected chi connectivity index (χ0v) is 19.7. The molecule has 1 atom stereocenters. The van der Waals surface area contributed by atoms with Crippen LogP contribution in [-0.2, 0) is 14.3 Å². The molecule has 7 heteroatoms. The highest BCUT2D eigenvalue weighted by Gasteiger charge is 2.45. The summed E-state index contributed by atoms with van der Waals surface area (Å²) in [6.07, 6.45) is 0.667. The van der Waals surface area contributed by atoms with E-state index in [1.54, 1.807) is 24.3 Å². The fraction of sp³-hybridized carbons (Fsp3) is 0.346. The summed E-state index contributed by atoms with van der Waals surface area (Å²) >= 11 is 0. The molecule has 33 heavy (non-hydrogen) atoms. The lowest BCUT2D eigenvalue weighted by atomic mass is 9.93. The second-order valence-corrected chi connectivity index (χ2v) is 8.58. The van der Waals surface area contributed by atoms with Crippen molar-refractivity contribution in [2.24, 2.45) is 0 Å². The summed E-state index contributed by atoms with van der Waals surface area (Å²) in [5.41, 5.74) is 3.32. The van der Waals surface area contributed by atoms with Gasteiger partial charge in [0.25, 0.3) is 11.7 Å². The van der Waals surface area contributed by atoms with Gasteiger partial charge in [0.2, 0.25) is 0 Å². The van der Waals surface area contributed by atoms with Crippen molar-refractivity contribution in [2.45, 2.75) is 26.3 Å². The molecule has 174 valence electrons. The van der Waals surface area contributed by atoms with Gasteiger partial charge in [-0.05, 0) is 70.2 Å². The fourth-order valence-electron chi connectivity index (χ4n) is 4.07. The van der Waals surface area contributed by atoms with E-state index < -0.39 is 23.7 Å². The number of amides is 1. The van der Waals surface area contributed by atoms with E-state index in [9.17, 15) is 19.5 Å². The number of methoxy groups -OCH3 is 1. The van der Waals surface area contributed by atoms with Crippen molar-refractivity contribution >= 4 is 23.4 Å². The molecular formula is C26H30N2O5. The minimum absolute atomic E-state index is 0.0596. The van der Waals surface area contributed by atoms with Gasteiger partial charge in [-0.25, -0.2) is 4.79 Å². The highest BCUT2D eigenvalue weighted by Crippen LogP contribution is 2.40. The number of ether oxygens (including phenoxy) is 1. The van der Waals surface area contributed by atoms with E-state index in [-0.39, 0.29) is 11.3 Å². The molecule has 0 aliphatic carbocycles. The van der Waals surface area contributed by atoms with Crippen LogP contribution in [-0.4, -0.2) is 66.9 Å². The summed E-state index contributed by atoms with van der Waals surface area (Å²) in [6.45, 7) is 4.85. The Morgan fingerprint density at radius 3 is 2.36 bits per heavy atom. The van der Waals surface area contributed by atoms with Gasteiger partial charge in [-0.2, -0.15) is 0 Å². The number of aliphatic hydroxyl groups is 1. The van der Waals surface area contributed by atoms with E-state index >= 15 is 0 Å². The third kappa shape index (κ3) is 4.98. The van der Waals surface area contributed by atoms with Gasteiger partial charge in [0.1, 0.15) is 5.76 Å². The molecule has 3 rings (SSSR count). The van der Waals surface area contributed by atoms with Gasteiger partial charge in [0.15, 0.2) is 0 Å². The summed E-state index contributed by atoms with van der Waals surface area (Å²) < 4.78 is 4.76. The molecule has 7 nitrogen and oxygen atoms in total. The zero-order chi connectivity index (χ0) is 24.3. The van der Waals surface area contributed by atoms with Gasteiger partial charge in [-0.15, -0.1) is 0 Å². The van der Waals surface area contributed by atoms with E-state index in [4.69, 9.17) is 4.74 Å². The second-order valence-electron chi connectivity index (χ2n) is 8.58. The van der Waals surface area contributed by atoms with E-state index in [1.807, 2.05) is 51.0 Å². The minimum Gasteiger partial charge on any atom is -0.507 e. The number of nitrogens with zero attached hydrogens (tertiary/aromatic N) is 2. The van der Waals surface area contributed by atoms with Gasteiger partial charge in [0.05, 0.1) is 24.3 Å². The maximum Gasteiger partial charge on any atom is 0.337 e. The summed E-state index contributed by atoms with van der Waals surface area (Å²) in [6, 6.07) is 11.4. The Bertz CT molecular complexity index is 1100. The average molecular weight is 451 g/mol. The molecule has 1 saturated heterocycles. The van der Waals surface area contributed by atoms with Crippen molar-refractivity contribution in [1.29, 1.82) is 0 Å². The highest BCUT2D eigenvalue weighted by molar-refractivity contribution is 6.46. The van der Waals surface area contributed by atoms with Crippen LogP contribution in [0.3, 0.4) is 0 Å². The number of ketones is 1. The molecule has 1 heterocycles. The molecule has 2 aromatic carbocycles. The molecule has 1 aliphatic rings. The van der Waals surface area contributed by atoms with Crippen molar-refractivity contribution in [3.63, 3.8) is 0 Å². The quantitative estimate of drug-likeness (QED) is 0.301. The van der Waals surface area contributed by atoms with E-state index in [1.165, 1.54) is 12.0 Å². The first-order chi connectivity index (χ1) is 15.6. The number of aryl methyl sites for hydroxylation is 2. The zero-order valence-electron chi connectivity index (χ0n) is 19.7. The maximum absolute atomic E-state index is 13.1. The third-order valence-corrected chi connectivity index (χ3v) is 5.84. The van der Waals surface area contributed by atoms with Crippen LogP contribution < -0.4 is 0 Å². The number of aliphatic hydroxyl groups excluding tert-OH is 1. The predicted molar refractivity (Wildman–Crippen MR) is 126 cm³/mol. The molecule has 2 aromatic rings. The number of carbonyl (C=O) groups excluding carboxylic acids is 3. The molecule has 1 amide bonds. The van der Waals surface area contributed by atoms with E-state index in [2.05, 4.69) is 0 Å². The number of Topliss-reactive ketones (excluding diaryl/α,β-unsaturated/α-hetero) is 1. The number of hydrogen-bond donors (Lipinski definition) is 1. The topological polar surface area (TPSA) is 87.1 Å². The standard InChI is InChI=1S/C26H30N2O5/c1-16-7-8-17(2)20(15-16)23(29)21-22(18-9-11-19(12-10-18)26(32)33-5)28(25(31)24(21)30)14-6-13-27(3)4/h7-12,15,22,29H,6,13-14H2,1-5H3/b23-21+. The molecule has 0 saturated carbocycles. The van der Waals surface area contributed by atoms with Crippen LogP contribution in [0.2, 0.25) is 0 Å². The number of carbonyl (C=O) groups is 3. The summed E-state index contributed by atoms with van der Waals surface area (Å²) in [4.78, 5) is 41.5. The number of rotatable bonds is 7. The lowest BCUT2D eigenvalue weighted by molar-refractivity contribution is -0.139. The number of hydrogen-bond acceptors (Lipinski definition) is 6. The summed E-state index contributed by atoms with van der Waals surface area (Å²) in [5.74, 6) is -2.01. The SMILES string of the molecule is COC(=O)c1ccc(C2/C(=C(\O)c3cc(C)ccc3C)C(=O)C(=O)N2CCCN(C)C)cc1. The molecule has 1 aliphatic heterocycles. The monoisotopic (exact) mass is 450 g/mol. The smallest absolute Gasteiger partial charge is 0.337 e. The van der Waals surface area contributed by atoms with Crippen molar-refractivity contribution in [1.82, 2.24) is 9.80 Å². The lowest BCUT2D eigenvalue weighted by Gasteiger charge is -2.26. The Morgan fingerprint density at radius 2 is 1.76 bits per heavy atom. The summed E-state index contributed by atoms with van der Waals surface area (Å²) in [7, 11) is 5.19. The van der Waals surface area contributed by atoms with Crippen LogP contribution in [0.1, 0.15) is 45.1 Å². The van der Waals surface area contributed by atoms with Gasteiger partial charge in [-0.3, -0.25) is 9.59 Å². The lowest BCUT2D eigenvalue weighted by Crippen LogP contribution is -2.32. The molecular weight excluding hydrogens is 420 g/mol.